The number of benzene rings is 1. The Bertz CT molecular complexity index is 376. The number of aliphatic hydroxyl groups is 1. The van der Waals surface area contributed by atoms with Gasteiger partial charge in [-0.1, -0.05) is 33.6 Å². The van der Waals surface area contributed by atoms with Gasteiger partial charge >= 0.3 is 0 Å². The van der Waals surface area contributed by atoms with E-state index < -0.39 is 5.54 Å². The number of halogens is 2. The third-order valence-corrected chi connectivity index (χ3v) is 3.47. The molecule has 5 heteroatoms. The first-order valence-corrected chi connectivity index (χ1v) is 6.51. The van der Waals surface area contributed by atoms with Crippen molar-refractivity contribution in [2.75, 3.05) is 26.9 Å². The van der Waals surface area contributed by atoms with Gasteiger partial charge in [-0.3, -0.25) is 0 Å². The second kappa shape index (κ2) is 6.71. The number of hydrogen-bond acceptors (Lipinski definition) is 3. The summed E-state index contributed by atoms with van der Waals surface area (Å²) in [5.74, 6) is 0. The summed E-state index contributed by atoms with van der Waals surface area (Å²) in [6.07, 6.45) is 0. The summed E-state index contributed by atoms with van der Waals surface area (Å²) in [4.78, 5) is 0. The van der Waals surface area contributed by atoms with Gasteiger partial charge < -0.3 is 15.2 Å². The van der Waals surface area contributed by atoms with Crippen LogP contribution in [0, 0.1) is 0 Å². The molecule has 17 heavy (non-hydrogen) atoms. The molecule has 1 unspecified atom stereocenters. The molecule has 0 saturated carbocycles. The van der Waals surface area contributed by atoms with Crippen LogP contribution in [0.1, 0.15) is 12.5 Å². The molecule has 0 spiro atoms. The van der Waals surface area contributed by atoms with Gasteiger partial charge in [-0.15, -0.1) is 0 Å². The highest BCUT2D eigenvalue weighted by atomic mass is 79.9. The highest BCUT2D eigenvalue weighted by Crippen LogP contribution is 2.30. The Balaban J connectivity index is 2.90. The molecule has 0 fully saturated rings. The number of aliphatic hydroxyl groups excluding tert-OH is 1. The van der Waals surface area contributed by atoms with E-state index in [1.165, 1.54) is 0 Å². The first kappa shape index (κ1) is 14.9. The number of hydrogen-bond donors (Lipinski definition) is 2. The Morgan fingerprint density at radius 2 is 2.24 bits per heavy atom. The minimum atomic E-state index is -0.559. The van der Waals surface area contributed by atoms with Crippen LogP contribution in [-0.2, 0) is 10.3 Å². The average molecular weight is 323 g/mol. The Morgan fingerprint density at radius 1 is 1.53 bits per heavy atom. The van der Waals surface area contributed by atoms with Crippen molar-refractivity contribution in [1.29, 1.82) is 0 Å². The number of ether oxygens (including phenoxy) is 1. The lowest BCUT2D eigenvalue weighted by molar-refractivity contribution is 0.148. The van der Waals surface area contributed by atoms with Crippen molar-refractivity contribution in [1.82, 2.24) is 5.32 Å². The largest absolute Gasteiger partial charge is 0.394 e. The topological polar surface area (TPSA) is 41.5 Å². The zero-order valence-corrected chi connectivity index (χ0v) is 12.3. The number of rotatable bonds is 6. The summed E-state index contributed by atoms with van der Waals surface area (Å²) in [5, 5.41) is 13.4. The smallest absolute Gasteiger partial charge is 0.0655 e. The van der Waals surface area contributed by atoms with Crippen molar-refractivity contribution in [2.45, 2.75) is 12.5 Å². The Kier molecular flexibility index (Phi) is 5.89. The molecule has 0 aliphatic rings. The molecular weight excluding hydrogens is 305 g/mol. The van der Waals surface area contributed by atoms with E-state index in [1.807, 2.05) is 25.1 Å². The maximum atomic E-state index is 9.56. The van der Waals surface area contributed by atoms with Gasteiger partial charge in [0, 0.05) is 23.1 Å². The molecule has 0 aliphatic carbocycles. The lowest BCUT2D eigenvalue weighted by Gasteiger charge is -2.30. The van der Waals surface area contributed by atoms with E-state index in [4.69, 9.17) is 16.3 Å². The van der Waals surface area contributed by atoms with Crippen molar-refractivity contribution in [3.63, 3.8) is 0 Å². The van der Waals surface area contributed by atoms with Gasteiger partial charge in [0.05, 0.1) is 18.8 Å². The van der Waals surface area contributed by atoms with Gasteiger partial charge in [0.1, 0.15) is 0 Å². The Hall–Kier alpha value is -0.130. The summed E-state index contributed by atoms with van der Waals surface area (Å²) < 4.78 is 5.90. The van der Waals surface area contributed by atoms with Gasteiger partial charge in [0.15, 0.2) is 0 Å². The van der Waals surface area contributed by atoms with Gasteiger partial charge in [0.2, 0.25) is 0 Å². The van der Waals surface area contributed by atoms with Crippen molar-refractivity contribution < 1.29 is 9.84 Å². The molecule has 0 saturated heterocycles. The van der Waals surface area contributed by atoms with Crippen LogP contribution in [0.3, 0.4) is 0 Å². The van der Waals surface area contributed by atoms with Crippen molar-refractivity contribution in [3.8, 4) is 0 Å². The van der Waals surface area contributed by atoms with Crippen LogP contribution in [0.2, 0.25) is 5.02 Å². The van der Waals surface area contributed by atoms with E-state index in [0.717, 1.165) is 10.0 Å². The van der Waals surface area contributed by atoms with E-state index >= 15 is 0 Å². The van der Waals surface area contributed by atoms with Crippen molar-refractivity contribution >= 4 is 27.5 Å². The maximum Gasteiger partial charge on any atom is 0.0655 e. The summed E-state index contributed by atoms with van der Waals surface area (Å²) in [7, 11) is 1.64. The fourth-order valence-corrected chi connectivity index (χ4v) is 2.48. The molecule has 3 nitrogen and oxygen atoms in total. The number of methoxy groups -OCH3 is 1. The molecule has 2 N–H and O–H groups in total. The predicted molar refractivity (Wildman–Crippen MR) is 73.5 cm³/mol. The SMILES string of the molecule is COCCNC(C)(CO)c1ccc(Br)cc1Cl. The molecule has 96 valence electrons. The van der Waals surface area contributed by atoms with Crippen LogP contribution in [0.15, 0.2) is 22.7 Å². The van der Waals surface area contributed by atoms with Gasteiger partial charge in [-0.05, 0) is 24.6 Å². The van der Waals surface area contributed by atoms with Crippen molar-refractivity contribution in [3.05, 3.63) is 33.3 Å². The first-order chi connectivity index (χ1) is 8.03. The van der Waals surface area contributed by atoms with Crippen molar-refractivity contribution in [2.24, 2.45) is 0 Å². The first-order valence-electron chi connectivity index (χ1n) is 5.34. The summed E-state index contributed by atoms with van der Waals surface area (Å²) in [6.45, 7) is 3.12. The molecule has 0 aliphatic heterocycles. The minimum absolute atomic E-state index is 0.0297. The molecular formula is C12H17BrClNO2. The van der Waals surface area contributed by atoms with E-state index in [2.05, 4.69) is 21.2 Å². The van der Waals surface area contributed by atoms with Crippen LogP contribution in [0.4, 0.5) is 0 Å². The fraction of sp³-hybridized carbons (Fsp3) is 0.500. The second-order valence-electron chi connectivity index (χ2n) is 4.03. The normalized spacial score (nSPS) is 14.6. The minimum Gasteiger partial charge on any atom is -0.394 e. The predicted octanol–water partition coefficient (Wildman–Crippen LogP) is 2.55. The molecule has 1 aromatic rings. The molecule has 1 aromatic carbocycles. The lowest BCUT2D eigenvalue weighted by atomic mass is 9.93. The van der Waals surface area contributed by atoms with Crippen LogP contribution in [0.25, 0.3) is 0 Å². The molecule has 0 radical (unpaired) electrons. The number of nitrogens with one attached hydrogen (secondary N) is 1. The van der Waals surface area contributed by atoms with E-state index in [9.17, 15) is 5.11 Å². The molecule has 1 rings (SSSR count). The zero-order valence-electron chi connectivity index (χ0n) is 9.96. The quantitative estimate of drug-likeness (QED) is 0.791. The average Bonchev–Trinajstić information content (AvgIpc) is 2.29. The van der Waals surface area contributed by atoms with Gasteiger partial charge in [-0.25, -0.2) is 0 Å². The third-order valence-electron chi connectivity index (χ3n) is 2.66. The summed E-state index contributed by atoms with van der Waals surface area (Å²) >= 11 is 9.55. The van der Waals surface area contributed by atoms with Crippen LogP contribution < -0.4 is 5.32 Å². The van der Waals surface area contributed by atoms with E-state index in [1.54, 1.807) is 7.11 Å². The highest BCUT2D eigenvalue weighted by molar-refractivity contribution is 9.10. The lowest BCUT2D eigenvalue weighted by Crippen LogP contribution is -2.44. The Labute approximate surface area is 115 Å². The van der Waals surface area contributed by atoms with Crippen LogP contribution >= 0.6 is 27.5 Å². The van der Waals surface area contributed by atoms with Crippen LogP contribution in [0.5, 0.6) is 0 Å². The standard InChI is InChI=1S/C12H17BrClNO2/c1-12(8-16,15-5-6-17-2)10-4-3-9(13)7-11(10)14/h3-4,7,15-16H,5-6,8H2,1-2H3. The molecule has 0 bridgehead atoms. The summed E-state index contributed by atoms with van der Waals surface area (Å²) in [5.41, 5.74) is 0.317. The van der Waals surface area contributed by atoms with E-state index in [0.29, 0.717) is 18.2 Å². The van der Waals surface area contributed by atoms with E-state index in [-0.39, 0.29) is 6.61 Å². The zero-order chi connectivity index (χ0) is 12.9. The molecule has 0 heterocycles. The summed E-state index contributed by atoms with van der Waals surface area (Å²) in [6, 6.07) is 5.64. The highest BCUT2D eigenvalue weighted by Gasteiger charge is 2.27. The second-order valence-corrected chi connectivity index (χ2v) is 5.36. The van der Waals surface area contributed by atoms with Gasteiger partial charge in [-0.2, -0.15) is 0 Å². The maximum absolute atomic E-state index is 9.56. The van der Waals surface area contributed by atoms with Gasteiger partial charge in [0.25, 0.3) is 0 Å². The molecule has 0 aromatic heterocycles. The van der Waals surface area contributed by atoms with Crippen LogP contribution in [-0.4, -0.2) is 32.0 Å². The fourth-order valence-electron chi connectivity index (χ4n) is 1.60. The Morgan fingerprint density at radius 3 is 2.76 bits per heavy atom. The molecule has 0 amide bonds. The third kappa shape index (κ3) is 3.93. The molecule has 1 atom stereocenters. The monoisotopic (exact) mass is 321 g/mol.